The SMILES string of the molecule is Fc1cc(Cl)c(NC2COCc3ccccc32)c(Cl)c1. The molecule has 0 aromatic heterocycles. The van der Waals surface area contributed by atoms with Gasteiger partial charge >= 0.3 is 0 Å². The van der Waals surface area contributed by atoms with Crippen molar-refractivity contribution >= 4 is 28.9 Å². The van der Waals surface area contributed by atoms with E-state index in [9.17, 15) is 4.39 Å². The molecular formula is C15H12Cl2FNO. The Morgan fingerprint density at radius 3 is 2.60 bits per heavy atom. The van der Waals surface area contributed by atoms with Crippen LogP contribution in [0.2, 0.25) is 10.0 Å². The first-order chi connectivity index (χ1) is 9.65. The predicted octanol–water partition coefficient (Wildman–Crippen LogP) is 4.82. The molecule has 1 aliphatic rings. The standard InChI is InChI=1S/C15H12Cl2FNO/c16-12-5-10(18)6-13(17)15(12)19-14-8-20-7-9-3-1-2-4-11(9)14/h1-6,14,19H,7-8H2. The first kappa shape index (κ1) is 13.7. The van der Waals surface area contributed by atoms with Crippen molar-refractivity contribution in [3.8, 4) is 0 Å². The van der Waals surface area contributed by atoms with Crippen molar-refractivity contribution < 1.29 is 9.13 Å². The fourth-order valence-corrected chi connectivity index (χ4v) is 2.93. The fraction of sp³-hybridized carbons (Fsp3) is 0.200. The first-order valence-corrected chi connectivity index (χ1v) is 6.97. The summed E-state index contributed by atoms with van der Waals surface area (Å²) in [6, 6.07) is 10.4. The van der Waals surface area contributed by atoms with Gasteiger partial charge < -0.3 is 10.1 Å². The third kappa shape index (κ3) is 2.62. The molecule has 0 radical (unpaired) electrons. The summed E-state index contributed by atoms with van der Waals surface area (Å²) in [6.45, 7) is 1.11. The fourth-order valence-electron chi connectivity index (χ4n) is 2.36. The molecule has 2 aromatic carbocycles. The van der Waals surface area contributed by atoms with E-state index in [2.05, 4.69) is 5.32 Å². The molecule has 2 nitrogen and oxygen atoms in total. The van der Waals surface area contributed by atoms with Crippen LogP contribution in [0, 0.1) is 5.82 Å². The zero-order chi connectivity index (χ0) is 14.1. The zero-order valence-corrected chi connectivity index (χ0v) is 12.0. The number of hydrogen-bond acceptors (Lipinski definition) is 2. The summed E-state index contributed by atoms with van der Waals surface area (Å²) in [6.07, 6.45) is 0. The van der Waals surface area contributed by atoms with Crippen LogP contribution in [-0.4, -0.2) is 6.61 Å². The molecule has 0 fully saturated rings. The lowest BCUT2D eigenvalue weighted by atomic mass is 9.99. The highest BCUT2D eigenvalue weighted by Gasteiger charge is 2.22. The van der Waals surface area contributed by atoms with Crippen LogP contribution in [0.5, 0.6) is 0 Å². The van der Waals surface area contributed by atoms with Gasteiger partial charge in [0.25, 0.3) is 0 Å². The minimum atomic E-state index is -0.453. The quantitative estimate of drug-likeness (QED) is 0.859. The molecule has 2 aromatic rings. The number of rotatable bonds is 2. The molecule has 1 heterocycles. The van der Waals surface area contributed by atoms with Crippen molar-refractivity contribution in [2.75, 3.05) is 11.9 Å². The number of ether oxygens (including phenoxy) is 1. The normalized spacial score (nSPS) is 17.6. The molecule has 0 spiro atoms. The second kappa shape index (κ2) is 5.60. The molecule has 0 saturated carbocycles. The molecule has 1 unspecified atom stereocenters. The third-order valence-corrected chi connectivity index (χ3v) is 3.89. The molecule has 0 amide bonds. The van der Waals surface area contributed by atoms with E-state index in [0.29, 0.717) is 18.9 Å². The topological polar surface area (TPSA) is 21.3 Å². The Balaban J connectivity index is 1.94. The van der Waals surface area contributed by atoms with Gasteiger partial charge in [0, 0.05) is 0 Å². The maximum atomic E-state index is 13.2. The van der Waals surface area contributed by atoms with Crippen LogP contribution in [0.15, 0.2) is 36.4 Å². The largest absolute Gasteiger partial charge is 0.374 e. The van der Waals surface area contributed by atoms with E-state index in [0.717, 1.165) is 11.1 Å². The van der Waals surface area contributed by atoms with E-state index in [-0.39, 0.29) is 16.1 Å². The van der Waals surface area contributed by atoms with Crippen molar-refractivity contribution in [3.05, 3.63) is 63.4 Å². The Labute approximate surface area is 126 Å². The van der Waals surface area contributed by atoms with Crippen LogP contribution < -0.4 is 5.32 Å². The molecule has 0 aliphatic carbocycles. The summed E-state index contributed by atoms with van der Waals surface area (Å²) in [5, 5.41) is 3.77. The van der Waals surface area contributed by atoms with Crippen LogP contribution >= 0.6 is 23.2 Å². The molecule has 0 bridgehead atoms. The van der Waals surface area contributed by atoms with Gasteiger partial charge in [0.15, 0.2) is 0 Å². The number of fused-ring (bicyclic) bond motifs is 1. The van der Waals surface area contributed by atoms with Gasteiger partial charge in [-0.05, 0) is 23.3 Å². The number of hydrogen-bond donors (Lipinski definition) is 1. The van der Waals surface area contributed by atoms with Gasteiger partial charge in [0.1, 0.15) is 5.82 Å². The van der Waals surface area contributed by atoms with Gasteiger partial charge in [0.05, 0.1) is 35.0 Å². The number of nitrogens with one attached hydrogen (secondary N) is 1. The molecule has 0 saturated heterocycles. The van der Waals surface area contributed by atoms with Crippen LogP contribution in [0.4, 0.5) is 10.1 Å². The van der Waals surface area contributed by atoms with E-state index in [1.54, 1.807) is 0 Å². The monoisotopic (exact) mass is 311 g/mol. The average molecular weight is 312 g/mol. The van der Waals surface area contributed by atoms with E-state index >= 15 is 0 Å². The molecular weight excluding hydrogens is 300 g/mol. The molecule has 1 N–H and O–H groups in total. The first-order valence-electron chi connectivity index (χ1n) is 6.22. The van der Waals surface area contributed by atoms with Crippen LogP contribution in [0.3, 0.4) is 0 Å². The highest BCUT2D eigenvalue weighted by Crippen LogP contribution is 2.36. The summed E-state index contributed by atoms with van der Waals surface area (Å²) in [5.41, 5.74) is 2.81. The summed E-state index contributed by atoms with van der Waals surface area (Å²) < 4.78 is 18.8. The lowest BCUT2D eigenvalue weighted by molar-refractivity contribution is 0.0970. The summed E-state index contributed by atoms with van der Waals surface area (Å²) in [5.74, 6) is -0.453. The van der Waals surface area contributed by atoms with Crippen molar-refractivity contribution in [1.29, 1.82) is 0 Å². The predicted molar refractivity (Wildman–Crippen MR) is 78.9 cm³/mol. The third-order valence-electron chi connectivity index (χ3n) is 3.30. The Hall–Kier alpha value is -1.29. The Morgan fingerprint density at radius 2 is 1.85 bits per heavy atom. The van der Waals surface area contributed by atoms with Crippen molar-refractivity contribution in [1.82, 2.24) is 0 Å². The van der Waals surface area contributed by atoms with Gasteiger partial charge in [-0.1, -0.05) is 47.5 Å². The minimum absolute atomic E-state index is 0.0552. The van der Waals surface area contributed by atoms with Gasteiger partial charge in [-0.3, -0.25) is 0 Å². The second-order valence-electron chi connectivity index (χ2n) is 4.66. The molecule has 3 rings (SSSR count). The van der Waals surface area contributed by atoms with Crippen LogP contribution in [-0.2, 0) is 11.3 Å². The zero-order valence-electron chi connectivity index (χ0n) is 10.5. The van der Waals surface area contributed by atoms with Gasteiger partial charge in [-0.2, -0.15) is 0 Å². The summed E-state index contributed by atoms with van der Waals surface area (Å²) in [4.78, 5) is 0. The number of anilines is 1. The van der Waals surface area contributed by atoms with Crippen molar-refractivity contribution in [3.63, 3.8) is 0 Å². The highest BCUT2D eigenvalue weighted by molar-refractivity contribution is 6.39. The Bertz CT molecular complexity index is 625. The van der Waals surface area contributed by atoms with Crippen LogP contribution in [0.1, 0.15) is 17.2 Å². The van der Waals surface area contributed by atoms with Gasteiger partial charge in [0.2, 0.25) is 0 Å². The average Bonchev–Trinajstić information content (AvgIpc) is 2.43. The van der Waals surface area contributed by atoms with Crippen LogP contribution in [0.25, 0.3) is 0 Å². The minimum Gasteiger partial charge on any atom is -0.374 e. The molecule has 1 atom stereocenters. The molecule has 5 heteroatoms. The van der Waals surface area contributed by atoms with E-state index in [4.69, 9.17) is 27.9 Å². The smallest absolute Gasteiger partial charge is 0.126 e. The van der Waals surface area contributed by atoms with E-state index in [1.165, 1.54) is 12.1 Å². The van der Waals surface area contributed by atoms with Gasteiger partial charge in [-0.25, -0.2) is 4.39 Å². The van der Waals surface area contributed by atoms with E-state index in [1.807, 2.05) is 24.3 Å². The molecule has 104 valence electrons. The van der Waals surface area contributed by atoms with Crippen molar-refractivity contribution in [2.45, 2.75) is 12.6 Å². The summed E-state index contributed by atoms with van der Waals surface area (Å²) in [7, 11) is 0. The molecule has 1 aliphatic heterocycles. The van der Waals surface area contributed by atoms with Crippen molar-refractivity contribution in [2.24, 2.45) is 0 Å². The summed E-state index contributed by atoms with van der Waals surface area (Å²) >= 11 is 12.1. The Kier molecular flexibility index (Phi) is 3.83. The maximum Gasteiger partial charge on any atom is 0.126 e. The Morgan fingerprint density at radius 1 is 1.15 bits per heavy atom. The number of benzene rings is 2. The van der Waals surface area contributed by atoms with Gasteiger partial charge in [-0.15, -0.1) is 0 Å². The number of halogens is 3. The highest BCUT2D eigenvalue weighted by atomic mass is 35.5. The lowest BCUT2D eigenvalue weighted by Gasteiger charge is -2.28. The maximum absolute atomic E-state index is 13.2. The van der Waals surface area contributed by atoms with E-state index < -0.39 is 5.82 Å². The molecule has 20 heavy (non-hydrogen) atoms. The second-order valence-corrected chi connectivity index (χ2v) is 5.47. The lowest BCUT2D eigenvalue weighted by Crippen LogP contribution is -2.23.